The molecule has 0 spiro atoms. The van der Waals surface area contributed by atoms with Gasteiger partial charge in [-0.15, -0.1) is 5.10 Å². The van der Waals surface area contributed by atoms with E-state index in [2.05, 4.69) is 20.7 Å². The molecule has 0 saturated carbocycles. The Hall–Kier alpha value is -5.13. The number of hydrogen-bond donors (Lipinski definition) is 1. The van der Waals surface area contributed by atoms with Crippen molar-refractivity contribution in [3.05, 3.63) is 76.5 Å². The zero-order valence-corrected chi connectivity index (χ0v) is 19.7. The number of methoxy groups -OCH3 is 2. The second-order valence-corrected chi connectivity index (χ2v) is 8.08. The maximum Gasteiger partial charge on any atom is 0.419 e. The number of nitrogens with zero attached hydrogens (tertiary/aromatic N) is 5. The minimum absolute atomic E-state index is 0.192. The Bertz CT molecular complexity index is 1550. The summed E-state index contributed by atoms with van der Waals surface area (Å²) >= 11 is 0. The Morgan fingerprint density at radius 2 is 1.78 bits per heavy atom. The Labute approximate surface area is 209 Å². The fourth-order valence-electron chi connectivity index (χ4n) is 4.71. The number of hydrogen-bond acceptors (Lipinski definition) is 9. The molecule has 3 heterocycles. The zero-order valence-electron chi connectivity index (χ0n) is 19.7. The molecule has 5 rings (SSSR count). The lowest BCUT2D eigenvalue weighted by molar-refractivity contribution is -0.105. The molecule has 1 unspecified atom stereocenters. The highest BCUT2D eigenvalue weighted by atomic mass is 16.5. The number of fused-ring (bicyclic) bond motifs is 2. The number of para-hydroxylation sites is 1. The van der Waals surface area contributed by atoms with Crippen molar-refractivity contribution in [1.29, 1.82) is 0 Å². The number of anilines is 2. The quantitative estimate of drug-likeness (QED) is 0.317. The SMILES string of the molecule is COC(=O)N1c2ccccc2-c2c(CN=O)nnc3c2c(cn3C(=O)OC)C1c1ccc(NC=O)cc1. The molecule has 12 heteroatoms. The van der Waals surface area contributed by atoms with E-state index in [-0.39, 0.29) is 17.9 Å². The fraction of sp³-hybridized carbons (Fsp3) is 0.160. The van der Waals surface area contributed by atoms with Gasteiger partial charge in [0.1, 0.15) is 6.54 Å². The van der Waals surface area contributed by atoms with Gasteiger partial charge in [0.2, 0.25) is 6.41 Å². The van der Waals surface area contributed by atoms with Crippen LogP contribution < -0.4 is 10.2 Å². The molecule has 0 aliphatic carbocycles. The summed E-state index contributed by atoms with van der Waals surface area (Å²) in [7, 11) is 2.52. The summed E-state index contributed by atoms with van der Waals surface area (Å²) in [5, 5.41) is 14.6. The van der Waals surface area contributed by atoms with Gasteiger partial charge in [0, 0.05) is 34.0 Å². The lowest BCUT2D eigenvalue weighted by atomic mass is 9.95. The monoisotopic (exact) mass is 500 g/mol. The topological polar surface area (TPSA) is 145 Å². The van der Waals surface area contributed by atoms with Gasteiger partial charge in [0.05, 0.1) is 31.6 Å². The van der Waals surface area contributed by atoms with Gasteiger partial charge in [0.15, 0.2) is 5.65 Å². The number of carbonyl (C=O) groups is 3. The molecule has 37 heavy (non-hydrogen) atoms. The van der Waals surface area contributed by atoms with Crippen LogP contribution >= 0.6 is 0 Å². The fourth-order valence-corrected chi connectivity index (χ4v) is 4.71. The van der Waals surface area contributed by atoms with E-state index in [4.69, 9.17) is 9.47 Å². The standard InChI is InChI=1S/C25H20N6O6/c1-36-24(33)30-12-17-21-20(18(11-27-35)28-29-23(21)30)16-5-3-4-6-19(16)31(25(34)37-2)22(17)14-7-9-15(10-8-14)26-13-32/h3-10,12-13,22H,11H2,1-2H3,(H,26,32). The van der Waals surface area contributed by atoms with Crippen molar-refractivity contribution < 1.29 is 23.9 Å². The van der Waals surface area contributed by atoms with Crippen LogP contribution in [0.4, 0.5) is 21.0 Å². The van der Waals surface area contributed by atoms with Gasteiger partial charge in [-0.3, -0.25) is 9.69 Å². The molecule has 12 nitrogen and oxygen atoms in total. The second-order valence-electron chi connectivity index (χ2n) is 8.08. The Balaban J connectivity index is 1.93. The van der Waals surface area contributed by atoms with E-state index in [1.165, 1.54) is 29.9 Å². The highest BCUT2D eigenvalue weighted by molar-refractivity contribution is 6.08. The number of aromatic nitrogens is 3. The lowest BCUT2D eigenvalue weighted by Crippen LogP contribution is -2.35. The first kappa shape index (κ1) is 23.6. The van der Waals surface area contributed by atoms with Crippen LogP contribution in [0.2, 0.25) is 0 Å². The van der Waals surface area contributed by atoms with Gasteiger partial charge < -0.3 is 14.8 Å². The number of benzene rings is 2. The zero-order chi connectivity index (χ0) is 26.1. The van der Waals surface area contributed by atoms with Crippen LogP contribution in [-0.4, -0.2) is 47.6 Å². The average molecular weight is 500 g/mol. The Morgan fingerprint density at radius 3 is 2.46 bits per heavy atom. The van der Waals surface area contributed by atoms with Crippen LogP contribution in [0, 0.1) is 4.91 Å². The molecule has 186 valence electrons. The third-order valence-corrected chi connectivity index (χ3v) is 6.21. The van der Waals surface area contributed by atoms with E-state index in [0.29, 0.717) is 45.4 Å². The second kappa shape index (κ2) is 9.49. The van der Waals surface area contributed by atoms with E-state index in [9.17, 15) is 19.3 Å². The molecule has 4 aromatic rings. The summed E-state index contributed by atoms with van der Waals surface area (Å²) < 4.78 is 11.4. The van der Waals surface area contributed by atoms with Crippen molar-refractivity contribution in [2.24, 2.45) is 5.18 Å². The minimum atomic E-state index is -0.797. The van der Waals surface area contributed by atoms with Gasteiger partial charge in [-0.1, -0.05) is 35.5 Å². The largest absolute Gasteiger partial charge is 0.452 e. The van der Waals surface area contributed by atoms with Crippen molar-refractivity contribution in [1.82, 2.24) is 14.8 Å². The summed E-state index contributed by atoms with van der Waals surface area (Å²) in [6.45, 7) is -0.273. The van der Waals surface area contributed by atoms with Gasteiger partial charge >= 0.3 is 12.2 Å². The molecule has 1 atom stereocenters. The van der Waals surface area contributed by atoms with E-state index in [0.717, 1.165) is 0 Å². The molecule has 0 saturated heterocycles. The molecular formula is C25H20N6O6. The first-order valence-corrected chi connectivity index (χ1v) is 11.1. The van der Waals surface area contributed by atoms with Crippen molar-refractivity contribution in [3.8, 4) is 11.1 Å². The first-order valence-electron chi connectivity index (χ1n) is 11.1. The van der Waals surface area contributed by atoms with Crippen molar-refractivity contribution in [3.63, 3.8) is 0 Å². The molecule has 0 fully saturated rings. The molecule has 1 aliphatic heterocycles. The molecule has 2 amide bonds. The third-order valence-electron chi connectivity index (χ3n) is 6.21. The molecule has 0 radical (unpaired) electrons. The van der Waals surface area contributed by atoms with E-state index < -0.39 is 18.2 Å². The van der Waals surface area contributed by atoms with Crippen LogP contribution in [-0.2, 0) is 20.8 Å². The number of nitroso groups, excluding NO2 is 1. The molecule has 1 aliphatic rings. The highest BCUT2D eigenvalue weighted by Gasteiger charge is 2.39. The average Bonchev–Trinajstić information content (AvgIpc) is 3.25. The molecule has 2 aromatic heterocycles. The number of ether oxygens (including phenoxy) is 2. The summed E-state index contributed by atoms with van der Waals surface area (Å²) in [4.78, 5) is 49.8. The number of carbonyl (C=O) groups excluding carboxylic acids is 3. The van der Waals surface area contributed by atoms with Crippen molar-refractivity contribution in [2.75, 3.05) is 24.4 Å². The maximum absolute atomic E-state index is 13.4. The van der Waals surface area contributed by atoms with E-state index >= 15 is 0 Å². The van der Waals surface area contributed by atoms with Gasteiger partial charge in [-0.2, -0.15) is 10.0 Å². The van der Waals surface area contributed by atoms with E-state index in [1.807, 2.05) is 0 Å². The van der Waals surface area contributed by atoms with Crippen LogP contribution in [0.1, 0.15) is 22.9 Å². The van der Waals surface area contributed by atoms with Crippen molar-refractivity contribution in [2.45, 2.75) is 12.6 Å². The lowest BCUT2D eigenvalue weighted by Gasteiger charge is -2.31. The molecular weight excluding hydrogens is 480 g/mol. The van der Waals surface area contributed by atoms with E-state index in [1.54, 1.807) is 48.5 Å². The first-order chi connectivity index (χ1) is 18.0. The summed E-state index contributed by atoms with van der Waals surface area (Å²) in [5.74, 6) is 0. The Morgan fingerprint density at radius 1 is 1.05 bits per heavy atom. The number of rotatable bonds is 5. The number of nitrogens with one attached hydrogen (secondary N) is 1. The smallest absolute Gasteiger partial charge is 0.419 e. The van der Waals surface area contributed by atoms with Gasteiger partial charge in [-0.05, 0) is 23.8 Å². The van der Waals surface area contributed by atoms with Gasteiger partial charge in [0.25, 0.3) is 0 Å². The molecule has 2 aromatic carbocycles. The summed E-state index contributed by atoms with van der Waals surface area (Å²) in [5.41, 5.74) is 3.81. The maximum atomic E-state index is 13.4. The Kier molecular flexibility index (Phi) is 6.05. The van der Waals surface area contributed by atoms with Gasteiger partial charge in [-0.25, -0.2) is 14.2 Å². The third kappa shape index (κ3) is 3.75. The van der Waals surface area contributed by atoms with Crippen molar-refractivity contribution >= 4 is 41.0 Å². The normalized spacial score (nSPS) is 13.9. The summed E-state index contributed by atoms with van der Waals surface area (Å²) in [6.07, 6.45) is 0.738. The molecule has 0 bridgehead atoms. The van der Waals surface area contributed by atoms with Crippen LogP contribution in [0.15, 0.2) is 59.9 Å². The summed E-state index contributed by atoms with van der Waals surface area (Å²) in [6, 6.07) is 13.2. The molecule has 1 N–H and O–H groups in total. The minimum Gasteiger partial charge on any atom is -0.452 e. The van der Waals surface area contributed by atoms with Crippen LogP contribution in [0.3, 0.4) is 0 Å². The number of amides is 2. The van der Waals surface area contributed by atoms with Crippen LogP contribution in [0.5, 0.6) is 0 Å². The van der Waals surface area contributed by atoms with Crippen LogP contribution in [0.25, 0.3) is 22.2 Å². The predicted octanol–water partition coefficient (Wildman–Crippen LogP) is 4.22. The predicted molar refractivity (Wildman–Crippen MR) is 133 cm³/mol. The highest BCUT2D eigenvalue weighted by Crippen LogP contribution is 2.49.